The maximum atomic E-state index is 10.9. The zero-order valence-electron chi connectivity index (χ0n) is 14.8. The Morgan fingerprint density at radius 2 is 2.09 bits per heavy atom. The van der Waals surface area contributed by atoms with Crippen LogP contribution in [0.4, 0.5) is 0 Å². The van der Waals surface area contributed by atoms with Gasteiger partial charge in [-0.1, -0.05) is 39.5 Å². The molecule has 1 unspecified atom stereocenters. The van der Waals surface area contributed by atoms with Crippen molar-refractivity contribution in [1.29, 1.82) is 5.26 Å². The number of allylic oxidation sites excluding steroid dienone is 3. The van der Waals surface area contributed by atoms with Crippen LogP contribution in [0, 0.1) is 40.4 Å². The van der Waals surface area contributed by atoms with Crippen molar-refractivity contribution in [3.8, 4) is 6.07 Å². The average molecular weight is 356 g/mol. The molecular formula is C17H27N3O2V. The summed E-state index contributed by atoms with van der Waals surface area (Å²) in [5.74, 6) is 0.183. The first-order valence-corrected chi connectivity index (χ1v) is 7.49. The minimum absolute atomic E-state index is 0. The summed E-state index contributed by atoms with van der Waals surface area (Å²) in [5.41, 5.74) is 0.105. The van der Waals surface area contributed by atoms with Crippen LogP contribution in [0.1, 0.15) is 41.0 Å². The molecule has 0 aromatic rings. The first-order valence-electron chi connectivity index (χ1n) is 7.49. The molecule has 0 fully saturated rings. The molecule has 0 rings (SSSR count). The zero-order valence-corrected chi connectivity index (χ0v) is 16.2. The molecule has 0 N–H and O–H groups in total. The van der Waals surface area contributed by atoms with Gasteiger partial charge in [0.25, 0.3) is 0 Å². The van der Waals surface area contributed by atoms with E-state index >= 15 is 0 Å². The molecule has 0 bridgehead atoms. The molecule has 6 heteroatoms. The summed E-state index contributed by atoms with van der Waals surface area (Å²) in [7, 11) is 0. The number of hydrogen-bond donors (Lipinski definition) is 0. The Balaban J connectivity index is -0.00000128. The van der Waals surface area contributed by atoms with E-state index in [0.29, 0.717) is 12.2 Å². The molecule has 5 nitrogen and oxygen atoms in total. The van der Waals surface area contributed by atoms with E-state index in [-0.39, 0.29) is 35.7 Å². The van der Waals surface area contributed by atoms with Crippen LogP contribution in [0.15, 0.2) is 29.6 Å². The van der Waals surface area contributed by atoms with Crippen molar-refractivity contribution in [2.45, 2.75) is 41.0 Å². The largest absolute Gasteiger partial charge is 2.00 e. The molecule has 0 heterocycles. The van der Waals surface area contributed by atoms with Gasteiger partial charge in [-0.2, -0.15) is 5.92 Å². The summed E-state index contributed by atoms with van der Waals surface area (Å²) < 4.78 is 0. The molecular weight excluding hydrogens is 329 g/mol. The van der Waals surface area contributed by atoms with Crippen molar-refractivity contribution in [2.75, 3.05) is 13.1 Å². The molecule has 0 saturated carbocycles. The second kappa shape index (κ2) is 15.4. The maximum Gasteiger partial charge on any atom is 2.00 e. The molecule has 0 aliphatic carbocycles. The van der Waals surface area contributed by atoms with Crippen LogP contribution in [-0.2, 0) is 18.6 Å². The van der Waals surface area contributed by atoms with Crippen LogP contribution in [-0.4, -0.2) is 22.9 Å². The minimum atomic E-state index is -0.590. The summed E-state index contributed by atoms with van der Waals surface area (Å²) in [6, 6.07) is 1.81. The van der Waals surface area contributed by atoms with Crippen molar-refractivity contribution in [3.05, 3.63) is 52.7 Å². The minimum Gasteiger partial charge on any atom is -0.391 e. The third kappa shape index (κ3) is 10.8. The second-order valence-corrected chi connectivity index (χ2v) is 4.54. The maximum absolute atomic E-state index is 10.9. The number of nitriles is 1. The van der Waals surface area contributed by atoms with Crippen molar-refractivity contribution in [1.82, 2.24) is 4.90 Å². The Morgan fingerprint density at radius 3 is 2.39 bits per heavy atom. The van der Waals surface area contributed by atoms with Crippen LogP contribution in [0.25, 0.3) is 0 Å². The molecule has 23 heavy (non-hydrogen) atoms. The van der Waals surface area contributed by atoms with Gasteiger partial charge in [-0.15, -0.1) is 12.7 Å². The molecule has 1 atom stereocenters. The smallest absolute Gasteiger partial charge is 0.391 e. The van der Waals surface area contributed by atoms with Crippen LogP contribution >= 0.6 is 0 Å². The predicted octanol–water partition coefficient (Wildman–Crippen LogP) is 4.14. The van der Waals surface area contributed by atoms with Gasteiger partial charge in [-0.05, 0) is 31.5 Å². The van der Waals surface area contributed by atoms with Gasteiger partial charge in [0.15, 0.2) is 0 Å². The van der Waals surface area contributed by atoms with E-state index in [1.54, 1.807) is 0 Å². The Bertz CT molecular complexity index is 463. The van der Waals surface area contributed by atoms with Crippen molar-refractivity contribution in [2.24, 2.45) is 5.92 Å². The van der Waals surface area contributed by atoms with Gasteiger partial charge in [0.2, 0.25) is 5.70 Å². The topological polar surface area (TPSA) is 70.2 Å². The fourth-order valence-corrected chi connectivity index (χ4v) is 1.70. The SMILES string of the molecule is C=C([C-]=C(C#N)/C(=C\C)[N+](=O)[O-])N(CCC)CC([CH2-])C.CC.[V+2]. The molecule has 0 aliphatic heterocycles. The normalized spacial score (nSPS) is 12.0. The average Bonchev–Trinajstić information content (AvgIpc) is 2.47. The summed E-state index contributed by atoms with van der Waals surface area (Å²) in [6.07, 6.45) is 4.93. The first-order chi connectivity index (χ1) is 10.4. The van der Waals surface area contributed by atoms with E-state index in [9.17, 15) is 10.1 Å². The van der Waals surface area contributed by atoms with E-state index in [1.807, 2.05) is 38.7 Å². The zero-order chi connectivity index (χ0) is 17.7. The standard InChI is InChI=1S/C15H21N3O2.C2H6.V/c1-6-8-17(11-12(3)4)13(5)9-14(10-16)15(7-2)18(19)20;1-2;/h7,12H,3,5-6,8,11H2,1-2,4H3;1-2H3;/q-2;;+2/b15-7+;;. The van der Waals surface area contributed by atoms with Gasteiger partial charge < -0.3 is 11.8 Å². The molecule has 0 spiro atoms. The van der Waals surface area contributed by atoms with Crippen LogP contribution in [0.5, 0.6) is 0 Å². The molecule has 127 valence electrons. The molecule has 1 radical (unpaired) electrons. The first kappa shape index (κ1) is 26.4. The number of nitrogens with zero attached hydrogens (tertiary/aromatic N) is 3. The van der Waals surface area contributed by atoms with E-state index in [2.05, 4.69) is 19.6 Å². The summed E-state index contributed by atoms with van der Waals surface area (Å²) in [4.78, 5) is 12.2. The Morgan fingerprint density at radius 1 is 1.57 bits per heavy atom. The number of nitro groups is 1. The predicted molar refractivity (Wildman–Crippen MR) is 90.0 cm³/mol. The van der Waals surface area contributed by atoms with Gasteiger partial charge in [-0.25, -0.2) is 0 Å². The molecule has 0 aromatic heterocycles. The fourth-order valence-electron chi connectivity index (χ4n) is 1.70. The fraction of sp³-hybridized carbons (Fsp3) is 0.529. The van der Waals surface area contributed by atoms with Gasteiger partial charge in [0.1, 0.15) is 0 Å². The Labute approximate surface area is 152 Å². The third-order valence-corrected chi connectivity index (χ3v) is 2.51. The number of rotatable bonds is 8. The van der Waals surface area contributed by atoms with Gasteiger partial charge in [0, 0.05) is 11.5 Å². The number of hydrogen-bond acceptors (Lipinski definition) is 4. The molecule has 0 amide bonds. The summed E-state index contributed by atoms with van der Waals surface area (Å²) in [5, 5.41) is 19.9. The van der Waals surface area contributed by atoms with Crippen molar-refractivity contribution in [3.63, 3.8) is 0 Å². The van der Waals surface area contributed by atoms with Crippen molar-refractivity contribution < 1.29 is 23.5 Å². The van der Waals surface area contributed by atoms with E-state index in [1.165, 1.54) is 13.0 Å². The molecule has 0 aliphatic rings. The molecule has 0 aromatic carbocycles. The van der Waals surface area contributed by atoms with E-state index in [0.717, 1.165) is 13.0 Å². The third-order valence-electron chi connectivity index (χ3n) is 2.51. The quantitative estimate of drug-likeness (QED) is 0.215. The van der Waals surface area contributed by atoms with Gasteiger partial charge in [-0.3, -0.25) is 15.4 Å². The van der Waals surface area contributed by atoms with Gasteiger partial charge in [0.05, 0.1) is 0 Å². The second-order valence-electron chi connectivity index (χ2n) is 4.54. The van der Waals surface area contributed by atoms with Crippen LogP contribution < -0.4 is 0 Å². The van der Waals surface area contributed by atoms with Crippen LogP contribution in [0.2, 0.25) is 0 Å². The Kier molecular flexibility index (Phi) is 17.7. The summed E-state index contributed by atoms with van der Waals surface area (Å²) >= 11 is 0. The molecule has 0 saturated heterocycles. The monoisotopic (exact) mass is 356 g/mol. The summed E-state index contributed by atoms with van der Waals surface area (Å²) in [6.45, 7) is 18.7. The van der Waals surface area contributed by atoms with E-state index < -0.39 is 4.92 Å². The van der Waals surface area contributed by atoms with Crippen molar-refractivity contribution >= 4 is 0 Å². The Hall–Kier alpha value is -1.51. The van der Waals surface area contributed by atoms with E-state index in [4.69, 9.17) is 5.26 Å². The van der Waals surface area contributed by atoms with Gasteiger partial charge >= 0.3 is 18.6 Å². The van der Waals surface area contributed by atoms with Crippen LogP contribution in [0.3, 0.4) is 0 Å².